The Labute approximate surface area is 92.2 Å². The number of nitrogens with zero attached hydrogens (tertiary/aromatic N) is 1. The quantitative estimate of drug-likeness (QED) is 0.690. The van der Waals surface area contributed by atoms with E-state index in [1.165, 1.54) is 6.42 Å². The first kappa shape index (κ1) is 11.9. The Kier molecular flexibility index (Phi) is 4.48. The normalized spacial score (nSPS) is 23.0. The molecule has 1 rings (SSSR count). The molecule has 0 aromatic rings. The lowest BCUT2D eigenvalue weighted by molar-refractivity contribution is 0.168. The second-order valence-electron chi connectivity index (χ2n) is 4.27. The number of rotatable bonds is 2. The van der Waals surface area contributed by atoms with Gasteiger partial charge in [-0.3, -0.25) is 0 Å². The van der Waals surface area contributed by atoms with Crippen molar-refractivity contribution in [3.05, 3.63) is 0 Å². The number of nitrogens with one attached hydrogen (secondary N) is 1. The van der Waals surface area contributed by atoms with Crippen LogP contribution in [-0.2, 0) is 0 Å². The van der Waals surface area contributed by atoms with E-state index in [0.29, 0.717) is 5.92 Å². The number of piperidine rings is 1. The van der Waals surface area contributed by atoms with Crippen LogP contribution in [0.1, 0.15) is 33.1 Å². The standard InChI is InChI=1S/C12H20N2O/c1-4-11(5-2)13-12(15)14-8-6-7-10(3)9-14/h1,10-11H,5-9H2,2-3H3,(H,13,15). The fraction of sp³-hybridized carbons (Fsp3) is 0.750. The van der Waals surface area contributed by atoms with Crippen LogP contribution < -0.4 is 5.32 Å². The van der Waals surface area contributed by atoms with Crippen molar-refractivity contribution in [3.63, 3.8) is 0 Å². The molecule has 3 heteroatoms. The predicted octanol–water partition coefficient (Wildman–Crippen LogP) is 1.84. The third-order valence-corrected chi connectivity index (χ3v) is 2.85. The van der Waals surface area contributed by atoms with E-state index in [-0.39, 0.29) is 12.1 Å². The second kappa shape index (κ2) is 5.65. The number of likely N-dealkylation sites (tertiary alicyclic amines) is 1. The summed E-state index contributed by atoms with van der Waals surface area (Å²) in [4.78, 5) is 13.7. The Morgan fingerprint density at radius 2 is 2.47 bits per heavy atom. The van der Waals surface area contributed by atoms with Gasteiger partial charge in [0.2, 0.25) is 0 Å². The van der Waals surface area contributed by atoms with Crippen molar-refractivity contribution in [2.24, 2.45) is 5.92 Å². The highest BCUT2D eigenvalue weighted by Crippen LogP contribution is 2.15. The summed E-state index contributed by atoms with van der Waals surface area (Å²) < 4.78 is 0. The van der Waals surface area contributed by atoms with Crippen molar-refractivity contribution in [1.29, 1.82) is 0 Å². The Bertz CT molecular complexity index is 257. The fourth-order valence-electron chi connectivity index (χ4n) is 1.88. The highest BCUT2D eigenvalue weighted by atomic mass is 16.2. The van der Waals surface area contributed by atoms with Gasteiger partial charge in [-0.05, 0) is 25.2 Å². The lowest BCUT2D eigenvalue weighted by atomic mass is 10.0. The maximum atomic E-state index is 11.8. The number of carbonyl (C=O) groups excluding carboxylic acids is 1. The lowest BCUT2D eigenvalue weighted by Gasteiger charge is -2.31. The Balaban J connectivity index is 2.42. The van der Waals surface area contributed by atoms with Crippen LogP contribution in [0.5, 0.6) is 0 Å². The van der Waals surface area contributed by atoms with E-state index >= 15 is 0 Å². The molecule has 0 aromatic carbocycles. The molecule has 84 valence electrons. The van der Waals surface area contributed by atoms with Gasteiger partial charge in [-0.15, -0.1) is 6.42 Å². The van der Waals surface area contributed by atoms with Gasteiger partial charge in [0.25, 0.3) is 0 Å². The van der Waals surface area contributed by atoms with Gasteiger partial charge in [0.15, 0.2) is 0 Å². The minimum atomic E-state index is -0.130. The summed E-state index contributed by atoms with van der Waals surface area (Å²) in [7, 11) is 0. The van der Waals surface area contributed by atoms with Crippen molar-refractivity contribution in [1.82, 2.24) is 10.2 Å². The molecule has 1 saturated heterocycles. The number of urea groups is 1. The monoisotopic (exact) mass is 208 g/mol. The minimum Gasteiger partial charge on any atom is -0.325 e. The maximum absolute atomic E-state index is 11.8. The van der Waals surface area contributed by atoms with Gasteiger partial charge < -0.3 is 10.2 Å². The Morgan fingerprint density at radius 3 is 3.00 bits per heavy atom. The first-order chi connectivity index (χ1) is 7.17. The van der Waals surface area contributed by atoms with E-state index in [1.54, 1.807) is 0 Å². The first-order valence-electron chi connectivity index (χ1n) is 5.69. The molecule has 2 atom stereocenters. The molecule has 0 spiro atoms. The third kappa shape index (κ3) is 3.47. The van der Waals surface area contributed by atoms with E-state index in [1.807, 2.05) is 11.8 Å². The van der Waals surface area contributed by atoms with Crippen LogP contribution in [-0.4, -0.2) is 30.1 Å². The zero-order chi connectivity index (χ0) is 11.3. The number of carbonyl (C=O) groups is 1. The third-order valence-electron chi connectivity index (χ3n) is 2.85. The van der Waals surface area contributed by atoms with Crippen LogP contribution in [0.15, 0.2) is 0 Å². The lowest BCUT2D eigenvalue weighted by Crippen LogP contribution is -2.47. The van der Waals surface area contributed by atoms with Gasteiger partial charge in [-0.25, -0.2) is 4.79 Å². The van der Waals surface area contributed by atoms with Crippen molar-refractivity contribution < 1.29 is 4.79 Å². The summed E-state index contributed by atoms with van der Waals surface area (Å²) in [5.41, 5.74) is 0. The van der Waals surface area contributed by atoms with E-state index in [4.69, 9.17) is 6.42 Å². The average molecular weight is 208 g/mol. The molecule has 2 unspecified atom stereocenters. The van der Waals surface area contributed by atoms with Crippen LogP contribution in [0.2, 0.25) is 0 Å². The topological polar surface area (TPSA) is 32.3 Å². The van der Waals surface area contributed by atoms with Crippen LogP contribution in [0.4, 0.5) is 4.79 Å². The maximum Gasteiger partial charge on any atom is 0.318 e. The van der Waals surface area contributed by atoms with Gasteiger partial charge in [0, 0.05) is 13.1 Å². The van der Waals surface area contributed by atoms with E-state index in [2.05, 4.69) is 18.2 Å². The predicted molar refractivity (Wildman–Crippen MR) is 61.4 cm³/mol. The molecular formula is C12H20N2O. The second-order valence-corrected chi connectivity index (χ2v) is 4.27. The highest BCUT2D eigenvalue weighted by Gasteiger charge is 2.21. The molecule has 0 saturated carbocycles. The molecule has 1 aliphatic heterocycles. The van der Waals surface area contributed by atoms with Gasteiger partial charge in [0.1, 0.15) is 0 Å². The number of terminal acetylenes is 1. The van der Waals surface area contributed by atoms with Crippen LogP contribution in [0.25, 0.3) is 0 Å². The number of amides is 2. The molecular weight excluding hydrogens is 188 g/mol. The van der Waals surface area contributed by atoms with Crippen molar-refractivity contribution in [2.45, 2.75) is 39.2 Å². The summed E-state index contributed by atoms with van der Waals surface area (Å²) >= 11 is 0. The average Bonchev–Trinajstić information content (AvgIpc) is 2.25. The number of hydrogen-bond acceptors (Lipinski definition) is 1. The molecule has 1 N–H and O–H groups in total. The zero-order valence-electron chi connectivity index (χ0n) is 9.62. The fourth-order valence-corrected chi connectivity index (χ4v) is 1.88. The molecule has 2 amide bonds. The van der Waals surface area contributed by atoms with Crippen LogP contribution >= 0.6 is 0 Å². The SMILES string of the molecule is C#CC(CC)NC(=O)N1CCCC(C)C1. The summed E-state index contributed by atoms with van der Waals surface area (Å²) in [5.74, 6) is 3.18. The highest BCUT2D eigenvalue weighted by molar-refractivity contribution is 5.75. The molecule has 3 nitrogen and oxygen atoms in total. The molecule has 0 radical (unpaired) electrons. The van der Waals surface area contributed by atoms with Crippen molar-refractivity contribution in [3.8, 4) is 12.3 Å². The van der Waals surface area contributed by atoms with Crippen molar-refractivity contribution in [2.75, 3.05) is 13.1 Å². The van der Waals surface area contributed by atoms with E-state index in [0.717, 1.165) is 25.9 Å². The van der Waals surface area contributed by atoms with E-state index < -0.39 is 0 Å². The largest absolute Gasteiger partial charge is 0.325 e. The summed E-state index contributed by atoms with van der Waals surface area (Å²) in [6, 6.07) is -0.138. The van der Waals surface area contributed by atoms with Crippen LogP contribution in [0, 0.1) is 18.3 Å². The van der Waals surface area contributed by atoms with Gasteiger partial charge in [-0.1, -0.05) is 19.8 Å². The van der Waals surface area contributed by atoms with Crippen molar-refractivity contribution >= 4 is 6.03 Å². The first-order valence-corrected chi connectivity index (χ1v) is 5.69. The van der Waals surface area contributed by atoms with Gasteiger partial charge in [0.05, 0.1) is 6.04 Å². The molecule has 1 fully saturated rings. The zero-order valence-corrected chi connectivity index (χ0v) is 9.62. The molecule has 0 aliphatic carbocycles. The van der Waals surface area contributed by atoms with Crippen LogP contribution in [0.3, 0.4) is 0 Å². The smallest absolute Gasteiger partial charge is 0.318 e. The van der Waals surface area contributed by atoms with Gasteiger partial charge >= 0.3 is 6.03 Å². The molecule has 1 aliphatic rings. The summed E-state index contributed by atoms with van der Waals surface area (Å²) in [5, 5.41) is 2.86. The molecule has 15 heavy (non-hydrogen) atoms. The number of hydrogen-bond donors (Lipinski definition) is 1. The summed E-state index contributed by atoms with van der Waals surface area (Å²) in [6.45, 7) is 5.87. The Hall–Kier alpha value is -1.17. The van der Waals surface area contributed by atoms with Gasteiger partial charge in [-0.2, -0.15) is 0 Å². The molecule has 0 bridgehead atoms. The summed E-state index contributed by atoms with van der Waals surface area (Å²) in [6.07, 6.45) is 8.41. The Morgan fingerprint density at radius 1 is 1.73 bits per heavy atom. The van der Waals surface area contributed by atoms with E-state index in [9.17, 15) is 4.79 Å². The molecule has 0 aromatic heterocycles. The molecule has 1 heterocycles. The minimum absolute atomic E-state index is 0.00801.